The Kier molecular flexibility index (Phi) is 4.09. The van der Waals surface area contributed by atoms with Crippen molar-refractivity contribution in [2.75, 3.05) is 0 Å². The Morgan fingerprint density at radius 2 is 1.73 bits per heavy atom. The van der Waals surface area contributed by atoms with E-state index in [4.69, 9.17) is 0 Å². The Hall–Kier alpha value is -0.0400. The van der Waals surface area contributed by atoms with E-state index >= 15 is 0 Å². The Morgan fingerprint density at radius 3 is 2.00 bits per heavy atom. The molecule has 1 N–H and O–H groups in total. The minimum atomic E-state index is -0.148. The first-order valence-electron chi connectivity index (χ1n) is 4.58. The summed E-state index contributed by atoms with van der Waals surface area (Å²) in [4.78, 5) is 0. The van der Waals surface area contributed by atoms with E-state index in [1.807, 2.05) is 6.92 Å². The third kappa shape index (κ3) is 3.76. The lowest BCUT2D eigenvalue weighted by Gasteiger charge is -2.31. The molecule has 0 aromatic carbocycles. The summed E-state index contributed by atoms with van der Waals surface area (Å²) in [6, 6.07) is 0. The van der Waals surface area contributed by atoms with Gasteiger partial charge >= 0.3 is 0 Å². The summed E-state index contributed by atoms with van der Waals surface area (Å²) in [5.74, 6) is 0.672. The van der Waals surface area contributed by atoms with Gasteiger partial charge in [0.25, 0.3) is 0 Å². The van der Waals surface area contributed by atoms with Gasteiger partial charge in [-0.25, -0.2) is 0 Å². The van der Waals surface area contributed by atoms with Crippen molar-refractivity contribution in [3.05, 3.63) is 0 Å². The molecule has 0 saturated heterocycles. The minimum absolute atomic E-state index is 0.0862. The molecule has 0 amide bonds. The number of rotatable bonds is 4. The van der Waals surface area contributed by atoms with Crippen LogP contribution in [0.5, 0.6) is 0 Å². The van der Waals surface area contributed by atoms with Crippen molar-refractivity contribution < 1.29 is 5.11 Å². The first-order chi connectivity index (χ1) is 4.90. The topological polar surface area (TPSA) is 20.2 Å². The highest BCUT2D eigenvalue weighted by molar-refractivity contribution is 4.77. The summed E-state index contributed by atoms with van der Waals surface area (Å²) in [6.45, 7) is 10.7. The average molecular weight is 158 g/mol. The molecule has 68 valence electrons. The summed E-state index contributed by atoms with van der Waals surface area (Å²) >= 11 is 0. The molecule has 0 bridgehead atoms. The Labute approximate surface area is 70.8 Å². The van der Waals surface area contributed by atoms with Gasteiger partial charge in [0.2, 0.25) is 0 Å². The molecule has 0 aliphatic heterocycles. The van der Waals surface area contributed by atoms with Gasteiger partial charge in [0.15, 0.2) is 0 Å². The molecule has 0 aliphatic rings. The van der Waals surface area contributed by atoms with Crippen LogP contribution < -0.4 is 0 Å². The van der Waals surface area contributed by atoms with Crippen LogP contribution in [0.15, 0.2) is 0 Å². The molecule has 0 saturated carbocycles. The second-order valence-corrected chi connectivity index (χ2v) is 4.51. The molecule has 0 aromatic heterocycles. The Bertz CT molecular complexity index is 105. The van der Waals surface area contributed by atoms with E-state index in [-0.39, 0.29) is 11.5 Å². The van der Waals surface area contributed by atoms with Gasteiger partial charge in [0.05, 0.1) is 6.10 Å². The van der Waals surface area contributed by atoms with Gasteiger partial charge in [-0.2, -0.15) is 0 Å². The molecule has 0 rings (SSSR count). The smallest absolute Gasteiger partial charge is 0.0588 e. The van der Waals surface area contributed by atoms with Gasteiger partial charge in [-0.3, -0.25) is 0 Å². The number of hydrogen-bond donors (Lipinski definition) is 1. The highest BCUT2D eigenvalue weighted by atomic mass is 16.3. The van der Waals surface area contributed by atoms with Crippen molar-refractivity contribution >= 4 is 0 Å². The quantitative estimate of drug-likeness (QED) is 0.667. The molecule has 1 unspecified atom stereocenters. The lowest BCUT2D eigenvalue weighted by molar-refractivity contribution is 0.0326. The van der Waals surface area contributed by atoms with E-state index in [2.05, 4.69) is 27.7 Å². The maximum Gasteiger partial charge on any atom is 0.0588 e. The fraction of sp³-hybridized carbons (Fsp3) is 1.00. The van der Waals surface area contributed by atoms with Crippen LogP contribution >= 0.6 is 0 Å². The molecule has 1 heteroatoms. The van der Waals surface area contributed by atoms with E-state index in [1.54, 1.807) is 0 Å². The molecule has 0 heterocycles. The van der Waals surface area contributed by atoms with Crippen molar-refractivity contribution in [1.82, 2.24) is 0 Å². The van der Waals surface area contributed by atoms with Gasteiger partial charge in [0.1, 0.15) is 0 Å². The average Bonchev–Trinajstić information content (AvgIpc) is 1.83. The monoisotopic (exact) mass is 158 g/mol. The van der Waals surface area contributed by atoms with Gasteiger partial charge in [-0.05, 0) is 24.2 Å². The second kappa shape index (κ2) is 4.10. The van der Waals surface area contributed by atoms with E-state index in [1.165, 1.54) is 0 Å². The highest BCUT2D eigenvalue weighted by Crippen LogP contribution is 2.30. The number of aliphatic hydroxyl groups is 1. The van der Waals surface area contributed by atoms with Crippen LogP contribution in [-0.2, 0) is 0 Å². The molecule has 1 atom stereocenters. The summed E-state index contributed by atoms with van der Waals surface area (Å²) in [5, 5.41) is 9.63. The lowest BCUT2D eigenvalue weighted by atomic mass is 9.78. The van der Waals surface area contributed by atoms with Crippen molar-refractivity contribution in [1.29, 1.82) is 0 Å². The third-order valence-corrected chi connectivity index (χ3v) is 2.22. The summed E-state index contributed by atoms with van der Waals surface area (Å²) in [7, 11) is 0. The minimum Gasteiger partial charge on any atom is -0.393 e. The van der Waals surface area contributed by atoms with E-state index in [0.717, 1.165) is 12.8 Å². The van der Waals surface area contributed by atoms with Crippen LogP contribution in [-0.4, -0.2) is 11.2 Å². The maximum atomic E-state index is 9.63. The second-order valence-electron chi connectivity index (χ2n) is 4.51. The van der Waals surface area contributed by atoms with Gasteiger partial charge in [-0.15, -0.1) is 0 Å². The third-order valence-electron chi connectivity index (χ3n) is 2.22. The first-order valence-corrected chi connectivity index (χ1v) is 4.58. The SMILES string of the molecule is CCC(O)C(C)(C)CC(C)C. The first kappa shape index (κ1) is 11.0. The van der Waals surface area contributed by atoms with Crippen LogP contribution in [0.3, 0.4) is 0 Å². The maximum absolute atomic E-state index is 9.63. The molecule has 0 fully saturated rings. The highest BCUT2D eigenvalue weighted by Gasteiger charge is 2.26. The van der Waals surface area contributed by atoms with Crippen molar-refractivity contribution in [2.24, 2.45) is 11.3 Å². The lowest BCUT2D eigenvalue weighted by Crippen LogP contribution is -2.29. The number of aliphatic hydroxyl groups excluding tert-OH is 1. The van der Waals surface area contributed by atoms with Crippen molar-refractivity contribution in [3.8, 4) is 0 Å². The van der Waals surface area contributed by atoms with Crippen LogP contribution in [0.2, 0.25) is 0 Å². The molecule has 0 aliphatic carbocycles. The van der Waals surface area contributed by atoms with Crippen LogP contribution in [0.1, 0.15) is 47.5 Å². The molecule has 11 heavy (non-hydrogen) atoms. The van der Waals surface area contributed by atoms with Gasteiger partial charge in [0, 0.05) is 0 Å². The Balaban J connectivity index is 3.98. The van der Waals surface area contributed by atoms with Crippen LogP contribution in [0.25, 0.3) is 0 Å². The van der Waals surface area contributed by atoms with Gasteiger partial charge in [-0.1, -0.05) is 34.6 Å². The van der Waals surface area contributed by atoms with E-state index in [0.29, 0.717) is 5.92 Å². The normalized spacial score (nSPS) is 15.5. The molecule has 0 radical (unpaired) electrons. The fourth-order valence-corrected chi connectivity index (χ4v) is 1.74. The van der Waals surface area contributed by atoms with Crippen LogP contribution in [0, 0.1) is 11.3 Å². The van der Waals surface area contributed by atoms with Crippen LogP contribution in [0.4, 0.5) is 0 Å². The number of hydrogen-bond acceptors (Lipinski definition) is 1. The summed E-state index contributed by atoms with van der Waals surface area (Å²) in [5.41, 5.74) is 0.0862. The standard InChI is InChI=1S/C10H22O/c1-6-9(11)10(4,5)7-8(2)3/h8-9,11H,6-7H2,1-5H3. The zero-order chi connectivity index (χ0) is 9.07. The van der Waals surface area contributed by atoms with Crippen molar-refractivity contribution in [3.63, 3.8) is 0 Å². The molecular weight excluding hydrogens is 136 g/mol. The van der Waals surface area contributed by atoms with E-state index < -0.39 is 0 Å². The molecule has 0 aromatic rings. The molecular formula is C10H22O. The van der Waals surface area contributed by atoms with Crippen molar-refractivity contribution in [2.45, 2.75) is 53.6 Å². The zero-order valence-corrected chi connectivity index (χ0v) is 8.52. The predicted molar refractivity (Wildman–Crippen MR) is 49.5 cm³/mol. The predicted octanol–water partition coefficient (Wildman–Crippen LogP) is 2.83. The fourth-order valence-electron chi connectivity index (χ4n) is 1.74. The van der Waals surface area contributed by atoms with Gasteiger partial charge < -0.3 is 5.11 Å². The zero-order valence-electron chi connectivity index (χ0n) is 8.52. The molecule has 1 nitrogen and oxygen atoms in total. The Morgan fingerprint density at radius 1 is 1.27 bits per heavy atom. The summed E-state index contributed by atoms with van der Waals surface area (Å²) < 4.78 is 0. The molecule has 0 spiro atoms. The summed E-state index contributed by atoms with van der Waals surface area (Å²) in [6.07, 6.45) is 1.81. The van der Waals surface area contributed by atoms with E-state index in [9.17, 15) is 5.11 Å². The largest absolute Gasteiger partial charge is 0.393 e.